The summed E-state index contributed by atoms with van der Waals surface area (Å²) < 4.78 is 38.2. The second-order valence-corrected chi connectivity index (χ2v) is 14.7. The number of aryl methyl sites for hydroxylation is 1. The van der Waals surface area contributed by atoms with Crippen LogP contribution < -0.4 is 0 Å². The Hall–Kier alpha value is -1.62. The molecule has 2 atom stereocenters. The minimum Gasteiger partial charge on any atom is -0.262 e. The molecule has 2 aromatic rings. The van der Waals surface area contributed by atoms with Gasteiger partial charge >= 0.3 is 6.18 Å². The maximum absolute atomic E-state index is 12.7. The molecule has 0 N–H and O–H groups in total. The van der Waals surface area contributed by atoms with Crippen LogP contribution in [0.4, 0.5) is 13.2 Å². The highest BCUT2D eigenvalue weighted by Crippen LogP contribution is 2.52. The highest BCUT2D eigenvalue weighted by atomic mass is 28.3. The van der Waals surface area contributed by atoms with Gasteiger partial charge in [-0.05, 0) is 59.7 Å². The van der Waals surface area contributed by atoms with Crippen molar-refractivity contribution in [1.82, 2.24) is 4.98 Å². The molecule has 1 aliphatic heterocycles. The number of aromatic nitrogens is 1. The molecule has 0 bridgehead atoms. The lowest BCUT2D eigenvalue weighted by atomic mass is 9.98. The first kappa shape index (κ1) is 21.1. The Kier molecular flexibility index (Phi) is 6.04. The van der Waals surface area contributed by atoms with E-state index in [9.17, 15) is 13.2 Å². The van der Waals surface area contributed by atoms with Crippen LogP contribution in [0.3, 0.4) is 0 Å². The molecule has 0 aliphatic carbocycles. The summed E-state index contributed by atoms with van der Waals surface area (Å²) in [7, 11) is -1.52. The second kappa shape index (κ2) is 8.01. The molecule has 2 unspecified atom stereocenters. The quantitative estimate of drug-likeness (QED) is 0.484. The van der Waals surface area contributed by atoms with E-state index >= 15 is 0 Å². The van der Waals surface area contributed by atoms with Crippen LogP contribution in [0, 0.1) is 5.92 Å². The number of pyridine rings is 1. The first-order valence-corrected chi connectivity index (χ1v) is 12.8. The molecule has 28 heavy (non-hydrogen) atoms. The Morgan fingerprint density at radius 1 is 1.04 bits per heavy atom. The zero-order chi connectivity index (χ0) is 20.4. The molecule has 1 aromatic carbocycles. The van der Waals surface area contributed by atoms with Crippen LogP contribution in [0.5, 0.6) is 0 Å². The lowest BCUT2D eigenvalue weighted by Gasteiger charge is -2.40. The third kappa shape index (κ3) is 4.86. The van der Waals surface area contributed by atoms with Crippen LogP contribution >= 0.6 is 0 Å². The molecule has 0 amide bonds. The number of rotatable bonds is 5. The van der Waals surface area contributed by atoms with Gasteiger partial charge in [0, 0.05) is 11.9 Å². The predicted octanol–water partition coefficient (Wildman–Crippen LogP) is 7.08. The summed E-state index contributed by atoms with van der Waals surface area (Å²) in [6.07, 6.45) is 0.806. The third-order valence-corrected chi connectivity index (χ3v) is 13.5. The van der Waals surface area contributed by atoms with Crippen molar-refractivity contribution >= 4 is 8.07 Å². The van der Waals surface area contributed by atoms with Gasteiger partial charge in [-0.25, -0.2) is 0 Å². The van der Waals surface area contributed by atoms with Crippen molar-refractivity contribution in [3.63, 3.8) is 0 Å². The Labute approximate surface area is 167 Å². The average molecular weight is 406 g/mol. The van der Waals surface area contributed by atoms with E-state index in [4.69, 9.17) is 0 Å². The molecular weight excluding hydrogens is 375 g/mol. The Morgan fingerprint density at radius 2 is 1.75 bits per heavy atom. The van der Waals surface area contributed by atoms with Crippen LogP contribution in [0.1, 0.15) is 50.4 Å². The minimum absolute atomic E-state index is 0.327. The topological polar surface area (TPSA) is 12.9 Å². The van der Waals surface area contributed by atoms with E-state index in [1.165, 1.54) is 36.3 Å². The Morgan fingerprint density at radius 3 is 2.32 bits per heavy atom. The van der Waals surface area contributed by atoms with E-state index in [-0.39, 0.29) is 0 Å². The normalized spacial score (nSPS) is 23.1. The fraction of sp³-hybridized carbons (Fsp3) is 0.522. The number of alkyl halides is 3. The summed E-state index contributed by atoms with van der Waals surface area (Å²) in [4.78, 5) is 4.59. The molecule has 152 valence electrons. The van der Waals surface area contributed by atoms with Crippen molar-refractivity contribution in [3.8, 4) is 0 Å². The molecule has 1 nitrogen and oxygen atoms in total. The van der Waals surface area contributed by atoms with E-state index in [2.05, 4.69) is 37.9 Å². The van der Waals surface area contributed by atoms with E-state index < -0.39 is 19.8 Å². The standard InChI is InChI=1S/C23H30F3NSi/c1-22(2,3)28(17-21-6-4-5-14-27-21)15-13-19(16-28)8-7-18-9-11-20(12-10-18)23(24,25)26/h4-6,9-12,14,19H,7-8,13,15-17H2,1-3H3. The first-order chi connectivity index (χ1) is 13.1. The zero-order valence-electron chi connectivity index (χ0n) is 17.0. The van der Waals surface area contributed by atoms with Crippen LogP contribution in [0.15, 0.2) is 48.7 Å². The fourth-order valence-electron chi connectivity index (χ4n) is 4.67. The summed E-state index contributed by atoms with van der Waals surface area (Å²) in [6.45, 7) is 7.17. The van der Waals surface area contributed by atoms with Gasteiger partial charge in [0.25, 0.3) is 0 Å². The summed E-state index contributed by atoms with van der Waals surface area (Å²) in [5, 5.41) is 0.327. The van der Waals surface area contributed by atoms with Crippen molar-refractivity contribution in [2.45, 2.75) is 69.4 Å². The number of hydrogen-bond donors (Lipinski definition) is 0. The van der Waals surface area contributed by atoms with Crippen LogP contribution in [-0.2, 0) is 18.6 Å². The summed E-state index contributed by atoms with van der Waals surface area (Å²) in [5.74, 6) is 0.678. The molecule has 1 aliphatic rings. The van der Waals surface area contributed by atoms with Gasteiger partial charge in [-0.3, -0.25) is 4.98 Å². The van der Waals surface area contributed by atoms with Crippen molar-refractivity contribution < 1.29 is 13.2 Å². The Balaban J connectivity index is 1.64. The maximum atomic E-state index is 12.7. The Bertz CT molecular complexity index is 765. The molecule has 5 heteroatoms. The molecule has 0 spiro atoms. The monoisotopic (exact) mass is 405 g/mol. The van der Waals surface area contributed by atoms with Crippen LogP contribution in [-0.4, -0.2) is 13.1 Å². The highest BCUT2D eigenvalue weighted by molar-refractivity contribution is 6.82. The van der Waals surface area contributed by atoms with Gasteiger partial charge in [0.05, 0.1) is 13.6 Å². The molecule has 1 saturated heterocycles. The largest absolute Gasteiger partial charge is 0.416 e. The SMILES string of the molecule is CC(C)(C)[Si]1(Cc2ccccn2)CCC(CCc2ccc(C(F)(F)F)cc2)C1. The molecule has 0 radical (unpaired) electrons. The fourth-order valence-corrected chi connectivity index (χ4v) is 10.5. The molecular formula is C23H30F3NSi. The van der Waals surface area contributed by atoms with E-state index in [0.717, 1.165) is 24.4 Å². The third-order valence-electron chi connectivity index (χ3n) is 6.67. The minimum atomic E-state index is -4.26. The van der Waals surface area contributed by atoms with Gasteiger partial charge < -0.3 is 0 Å². The molecule has 2 heterocycles. The number of nitrogens with zero attached hydrogens (tertiary/aromatic N) is 1. The summed E-state index contributed by atoms with van der Waals surface area (Å²) in [5.41, 5.74) is 1.66. The summed E-state index contributed by atoms with van der Waals surface area (Å²) in [6, 6.07) is 15.6. The zero-order valence-corrected chi connectivity index (χ0v) is 18.0. The van der Waals surface area contributed by atoms with Gasteiger partial charge in [0.1, 0.15) is 0 Å². The van der Waals surface area contributed by atoms with Crippen molar-refractivity contribution in [3.05, 3.63) is 65.5 Å². The maximum Gasteiger partial charge on any atom is 0.416 e. The van der Waals surface area contributed by atoms with Gasteiger partial charge in [-0.1, -0.05) is 57.5 Å². The molecule has 0 saturated carbocycles. The second-order valence-electron chi connectivity index (χ2n) is 9.37. The highest BCUT2D eigenvalue weighted by Gasteiger charge is 2.49. The van der Waals surface area contributed by atoms with E-state index in [0.29, 0.717) is 11.0 Å². The van der Waals surface area contributed by atoms with Crippen molar-refractivity contribution in [1.29, 1.82) is 0 Å². The average Bonchev–Trinajstić information content (AvgIpc) is 3.05. The first-order valence-electron chi connectivity index (χ1n) is 10.2. The van der Waals surface area contributed by atoms with E-state index in [1.807, 2.05) is 12.3 Å². The van der Waals surface area contributed by atoms with Crippen LogP contribution in [0.25, 0.3) is 0 Å². The van der Waals surface area contributed by atoms with Crippen LogP contribution in [0.2, 0.25) is 17.1 Å². The van der Waals surface area contributed by atoms with Crippen molar-refractivity contribution in [2.75, 3.05) is 0 Å². The molecule has 1 fully saturated rings. The smallest absolute Gasteiger partial charge is 0.262 e. The van der Waals surface area contributed by atoms with Gasteiger partial charge in [0.15, 0.2) is 0 Å². The number of halogens is 3. The number of hydrogen-bond acceptors (Lipinski definition) is 1. The van der Waals surface area contributed by atoms with Gasteiger partial charge in [-0.15, -0.1) is 0 Å². The predicted molar refractivity (Wildman–Crippen MR) is 111 cm³/mol. The van der Waals surface area contributed by atoms with Gasteiger partial charge in [0.2, 0.25) is 0 Å². The van der Waals surface area contributed by atoms with Crippen molar-refractivity contribution in [2.24, 2.45) is 5.92 Å². The van der Waals surface area contributed by atoms with E-state index in [1.54, 1.807) is 12.1 Å². The molecule has 1 aromatic heterocycles. The lowest BCUT2D eigenvalue weighted by molar-refractivity contribution is -0.137. The van der Waals surface area contributed by atoms with Gasteiger partial charge in [-0.2, -0.15) is 13.2 Å². The number of benzene rings is 1. The lowest BCUT2D eigenvalue weighted by Crippen LogP contribution is -2.44. The summed E-state index contributed by atoms with van der Waals surface area (Å²) >= 11 is 0. The molecule has 3 rings (SSSR count).